The molecule has 0 radical (unpaired) electrons. The van der Waals surface area contributed by atoms with Crippen molar-refractivity contribution < 1.29 is 62.2 Å². The van der Waals surface area contributed by atoms with Crippen LogP contribution in [-0.2, 0) is 32.0 Å². The first-order valence-electron chi connectivity index (χ1n) is 11.2. The van der Waals surface area contributed by atoms with Crippen LogP contribution in [0.3, 0.4) is 0 Å². The molecule has 38 heavy (non-hydrogen) atoms. The molecule has 18 nitrogen and oxygen atoms in total. The predicted octanol–water partition coefficient (Wildman–Crippen LogP) is -2.89. The number of likely N-dealkylation sites (N-methyl/N-ethyl adjacent to an activating group) is 1. The molecule has 2 saturated heterocycles. The molecule has 0 saturated carbocycles. The summed E-state index contributed by atoms with van der Waals surface area (Å²) in [6, 6.07) is -1.12. The molecule has 0 amide bonds. The van der Waals surface area contributed by atoms with Gasteiger partial charge >= 0.3 is 21.3 Å². The van der Waals surface area contributed by atoms with Gasteiger partial charge in [-0.2, -0.15) is 4.31 Å². The Hall–Kier alpha value is -1.34. The number of aliphatic hydroxyl groups is 4. The fraction of sp³-hybridized carbons (Fsp3) is 0.778. The van der Waals surface area contributed by atoms with Crippen LogP contribution in [0, 0.1) is 6.92 Å². The summed E-state index contributed by atoms with van der Waals surface area (Å²) in [6.45, 7) is -0.127. The number of rotatable bonds is 10. The van der Waals surface area contributed by atoms with Crippen LogP contribution in [-0.4, -0.2) is 115 Å². The average molecular weight is 591 g/mol. The lowest BCUT2D eigenvalue weighted by Gasteiger charge is -2.44. The maximum absolute atomic E-state index is 12.4. The van der Waals surface area contributed by atoms with Gasteiger partial charge in [0, 0.05) is 18.2 Å². The highest BCUT2D eigenvalue weighted by atomic mass is 31.3. The minimum absolute atomic E-state index is 0.153. The van der Waals surface area contributed by atoms with Crippen LogP contribution in [0.15, 0.2) is 15.8 Å². The van der Waals surface area contributed by atoms with Gasteiger partial charge in [-0.05, 0) is 21.0 Å². The minimum Gasteiger partial charge on any atom is -0.394 e. The van der Waals surface area contributed by atoms with E-state index in [4.69, 9.17) is 14.0 Å². The maximum atomic E-state index is 12.4. The number of nitrogens with zero attached hydrogens (tertiary/aromatic N) is 2. The lowest BCUT2D eigenvalue weighted by molar-refractivity contribution is -0.266. The van der Waals surface area contributed by atoms with E-state index in [1.165, 1.54) is 32.1 Å². The normalized spacial score (nSPS) is 35.2. The maximum Gasteiger partial charge on any atom is 0.483 e. The van der Waals surface area contributed by atoms with Gasteiger partial charge in [0.05, 0.1) is 25.4 Å². The van der Waals surface area contributed by atoms with E-state index in [1.54, 1.807) is 0 Å². The van der Waals surface area contributed by atoms with Crippen molar-refractivity contribution in [3.8, 4) is 0 Å². The van der Waals surface area contributed by atoms with Crippen LogP contribution >= 0.6 is 15.6 Å². The summed E-state index contributed by atoms with van der Waals surface area (Å²) in [5, 5.41) is 40.3. The van der Waals surface area contributed by atoms with Crippen molar-refractivity contribution in [1.82, 2.24) is 14.5 Å². The zero-order valence-corrected chi connectivity index (χ0v) is 22.3. The largest absolute Gasteiger partial charge is 0.483 e. The van der Waals surface area contributed by atoms with E-state index in [9.17, 15) is 48.9 Å². The fourth-order valence-electron chi connectivity index (χ4n) is 4.07. The van der Waals surface area contributed by atoms with Crippen molar-refractivity contribution in [2.75, 3.05) is 27.3 Å². The quantitative estimate of drug-likeness (QED) is 0.135. The minimum atomic E-state index is -5.47. The van der Waals surface area contributed by atoms with Crippen LogP contribution in [0.4, 0.5) is 0 Å². The first-order chi connectivity index (χ1) is 17.5. The smallest absolute Gasteiger partial charge is 0.394 e. The standard InChI is InChI=1S/C18H31N3O15P2/c1-8-5-21(18(27)19-16(8)26)12-4-9(23)11(33-12)7-32-37(28,29)36-38(30,31)35-17-15(25)13(20(2)3)14(24)10(6-22)34-17/h5,9-15,17,22-25H,4,6-7H2,1-3H3,(H,28,29)(H,30,31)(H,19,26,27)/t9-,10?,11-,12-,13+,14+,15?,17+/m1/s1. The Balaban J connectivity index is 1.62. The van der Waals surface area contributed by atoms with Crippen molar-refractivity contribution in [3.05, 3.63) is 32.6 Å². The van der Waals surface area contributed by atoms with Crippen molar-refractivity contribution in [1.29, 1.82) is 0 Å². The van der Waals surface area contributed by atoms with Gasteiger partial charge in [-0.3, -0.25) is 23.4 Å². The lowest BCUT2D eigenvalue weighted by atomic mass is 9.95. The predicted molar refractivity (Wildman–Crippen MR) is 124 cm³/mol. The van der Waals surface area contributed by atoms with Crippen LogP contribution < -0.4 is 11.2 Å². The molecule has 2 aliphatic heterocycles. The van der Waals surface area contributed by atoms with E-state index >= 15 is 0 Å². The summed E-state index contributed by atoms with van der Waals surface area (Å²) in [5.74, 6) is 0. The highest BCUT2D eigenvalue weighted by Gasteiger charge is 2.50. The first-order valence-corrected chi connectivity index (χ1v) is 14.2. The summed E-state index contributed by atoms with van der Waals surface area (Å²) < 4.78 is 49.9. The van der Waals surface area contributed by atoms with E-state index in [2.05, 4.69) is 13.8 Å². The summed E-state index contributed by atoms with van der Waals surface area (Å²) >= 11 is 0. The number of aryl methyl sites for hydroxylation is 1. The molecule has 4 unspecified atom stereocenters. The van der Waals surface area contributed by atoms with Crippen LogP contribution in [0.25, 0.3) is 0 Å². The van der Waals surface area contributed by atoms with Gasteiger partial charge in [0.1, 0.15) is 30.6 Å². The summed E-state index contributed by atoms with van der Waals surface area (Å²) in [4.78, 5) is 47.0. The number of phosphoric acid groups is 2. The molecule has 0 aromatic carbocycles. The number of H-pyrrole nitrogens is 1. The van der Waals surface area contributed by atoms with Crippen LogP contribution in [0.2, 0.25) is 0 Å². The molecular formula is C18H31N3O15P2. The Morgan fingerprint density at radius 2 is 1.76 bits per heavy atom. The Kier molecular flexibility index (Phi) is 9.88. The van der Waals surface area contributed by atoms with Gasteiger partial charge in [0.2, 0.25) is 0 Å². The monoisotopic (exact) mass is 591 g/mol. The molecule has 10 atom stereocenters. The number of hydrogen-bond acceptors (Lipinski definition) is 14. The number of aliphatic hydroxyl groups excluding tert-OH is 4. The molecule has 7 N–H and O–H groups in total. The molecule has 218 valence electrons. The molecule has 0 spiro atoms. The van der Waals surface area contributed by atoms with Gasteiger partial charge < -0.3 is 44.6 Å². The Labute approximate surface area is 215 Å². The van der Waals surface area contributed by atoms with Gasteiger partial charge in [-0.25, -0.2) is 13.9 Å². The number of aromatic amines is 1. The van der Waals surface area contributed by atoms with Crippen molar-refractivity contribution in [2.45, 2.75) is 62.4 Å². The van der Waals surface area contributed by atoms with Crippen LogP contribution in [0.1, 0.15) is 18.2 Å². The summed E-state index contributed by atoms with van der Waals surface area (Å²) in [5.41, 5.74) is -1.23. The van der Waals surface area contributed by atoms with E-state index in [0.717, 1.165) is 4.57 Å². The average Bonchev–Trinajstić information content (AvgIpc) is 3.16. The molecule has 3 rings (SSSR count). The van der Waals surface area contributed by atoms with Crippen LogP contribution in [0.5, 0.6) is 0 Å². The zero-order chi connectivity index (χ0) is 28.6. The number of hydrogen-bond donors (Lipinski definition) is 7. The van der Waals surface area contributed by atoms with Gasteiger partial charge in [-0.1, -0.05) is 0 Å². The molecule has 20 heteroatoms. The second kappa shape index (κ2) is 12.0. The third kappa shape index (κ3) is 7.24. The number of aromatic nitrogens is 2. The Bertz CT molecular complexity index is 1190. The Morgan fingerprint density at radius 1 is 1.11 bits per heavy atom. The molecule has 1 aromatic heterocycles. The molecule has 0 bridgehead atoms. The third-order valence-corrected chi connectivity index (χ3v) is 8.55. The van der Waals surface area contributed by atoms with Gasteiger partial charge in [0.15, 0.2) is 6.29 Å². The van der Waals surface area contributed by atoms with E-state index in [-0.39, 0.29) is 12.0 Å². The second-order valence-corrected chi connectivity index (χ2v) is 12.0. The zero-order valence-electron chi connectivity index (χ0n) is 20.5. The molecule has 2 aliphatic rings. The number of nitrogens with one attached hydrogen (secondary N) is 1. The molecule has 2 fully saturated rings. The van der Waals surface area contributed by atoms with E-state index < -0.39 is 89.2 Å². The molecular weight excluding hydrogens is 560 g/mol. The van der Waals surface area contributed by atoms with Crippen molar-refractivity contribution in [3.63, 3.8) is 0 Å². The Morgan fingerprint density at radius 3 is 2.37 bits per heavy atom. The molecule has 0 aliphatic carbocycles. The SMILES string of the molecule is Cc1cn([C@H]2C[C@@H](O)[C@@H](COP(=O)(O)OP(=O)(O)O[C@@H]3OC(CO)[C@H](O)[C@H](N(C)C)C3O)O2)c(=O)[nH]c1=O. The molecule has 1 aromatic rings. The topological polar surface area (TPSA) is 260 Å². The lowest BCUT2D eigenvalue weighted by Crippen LogP contribution is -2.63. The summed E-state index contributed by atoms with van der Waals surface area (Å²) in [7, 11) is -7.89. The first kappa shape index (κ1) is 31.2. The van der Waals surface area contributed by atoms with Crippen molar-refractivity contribution >= 4 is 15.6 Å². The number of phosphoric ester groups is 2. The second-order valence-electron chi connectivity index (χ2n) is 8.99. The fourth-order valence-corrected chi connectivity index (χ4v) is 6.23. The summed E-state index contributed by atoms with van der Waals surface area (Å²) in [6.07, 6.45) is -9.02. The molecule has 3 heterocycles. The number of ether oxygens (including phenoxy) is 2. The third-order valence-electron chi connectivity index (χ3n) is 5.95. The van der Waals surface area contributed by atoms with Gasteiger partial charge in [-0.15, -0.1) is 0 Å². The highest BCUT2D eigenvalue weighted by molar-refractivity contribution is 7.61. The van der Waals surface area contributed by atoms with E-state index in [1.807, 2.05) is 0 Å². The van der Waals surface area contributed by atoms with E-state index in [0.29, 0.717) is 0 Å². The van der Waals surface area contributed by atoms with Crippen molar-refractivity contribution in [2.24, 2.45) is 0 Å². The van der Waals surface area contributed by atoms with Gasteiger partial charge in [0.25, 0.3) is 5.56 Å². The highest BCUT2D eigenvalue weighted by Crippen LogP contribution is 2.61.